The molecule has 1 aromatic heterocycles. The maximum absolute atomic E-state index is 14.9. The van der Waals surface area contributed by atoms with E-state index in [9.17, 15) is 14.8 Å². The largest absolute Gasteiger partial charge is 0.362 e. The molecule has 0 unspecified atom stereocenters. The summed E-state index contributed by atoms with van der Waals surface area (Å²) in [4.78, 5) is 0.194. The van der Waals surface area contributed by atoms with Crippen LogP contribution in [0.25, 0.3) is 0 Å². The predicted octanol–water partition coefficient (Wildman–Crippen LogP) is 3.35. The van der Waals surface area contributed by atoms with E-state index < -0.39 is 29.4 Å². The second-order valence-corrected chi connectivity index (χ2v) is 7.48. The van der Waals surface area contributed by atoms with Crippen molar-refractivity contribution in [3.8, 4) is 6.07 Å². The van der Waals surface area contributed by atoms with Crippen LogP contribution in [0.5, 0.6) is 0 Å². The topological polar surface area (TPSA) is 59.9 Å². The fraction of sp³-hybridized carbons (Fsp3) is 0.174. The molecular formula is C23H19FN3OS+. The van der Waals surface area contributed by atoms with Crippen LogP contribution >= 0.6 is 12.2 Å². The highest BCUT2D eigenvalue weighted by atomic mass is 32.1. The average Bonchev–Trinajstić information content (AvgIpc) is 2.75. The molecule has 4 rings (SSSR count). The van der Waals surface area contributed by atoms with Crippen LogP contribution in [-0.4, -0.2) is 10.1 Å². The molecule has 1 aliphatic rings. The van der Waals surface area contributed by atoms with Crippen molar-refractivity contribution in [2.75, 3.05) is 0 Å². The van der Waals surface area contributed by atoms with Gasteiger partial charge in [0.25, 0.3) is 0 Å². The molecule has 3 aromatic rings. The summed E-state index contributed by atoms with van der Waals surface area (Å²) in [6.45, 7) is 0. The van der Waals surface area contributed by atoms with E-state index in [4.69, 9.17) is 12.2 Å². The zero-order valence-electron chi connectivity index (χ0n) is 15.4. The minimum Gasteiger partial charge on any atom is -0.362 e. The number of rotatable bonds is 3. The predicted molar refractivity (Wildman–Crippen MR) is 110 cm³/mol. The fourth-order valence-electron chi connectivity index (χ4n) is 4.11. The van der Waals surface area contributed by atoms with Gasteiger partial charge >= 0.3 is 0 Å². The SMILES string of the molecule is N#C[C@@H]1C(=S)N[C@@](O)(c2ccccc2)[C@H]([n+]2ccccc2)[C@H]1c1ccccc1F. The Bertz CT molecular complexity index is 1070. The number of aromatic nitrogens is 1. The van der Waals surface area contributed by atoms with Crippen LogP contribution < -0.4 is 9.88 Å². The van der Waals surface area contributed by atoms with Crippen LogP contribution in [0.2, 0.25) is 0 Å². The molecule has 0 saturated carbocycles. The summed E-state index contributed by atoms with van der Waals surface area (Å²) < 4.78 is 16.7. The third-order valence-corrected chi connectivity index (χ3v) is 5.76. The third-order valence-electron chi connectivity index (χ3n) is 5.40. The summed E-state index contributed by atoms with van der Waals surface area (Å²) in [6, 6.07) is 22.4. The van der Waals surface area contributed by atoms with Crippen LogP contribution in [0, 0.1) is 23.1 Å². The van der Waals surface area contributed by atoms with Gasteiger partial charge in [0.1, 0.15) is 11.7 Å². The van der Waals surface area contributed by atoms with Crippen molar-refractivity contribution < 1.29 is 14.1 Å². The molecule has 1 aliphatic heterocycles. The summed E-state index contributed by atoms with van der Waals surface area (Å²) in [5.41, 5.74) is -0.704. The van der Waals surface area contributed by atoms with Gasteiger partial charge in [-0.3, -0.25) is 0 Å². The zero-order valence-corrected chi connectivity index (χ0v) is 16.3. The van der Waals surface area contributed by atoms with Gasteiger partial charge < -0.3 is 10.4 Å². The number of nitrogens with zero attached hydrogens (tertiary/aromatic N) is 2. The van der Waals surface area contributed by atoms with Gasteiger partial charge in [-0.1, -0.05) is 66.8 Å². The molecule has 1 fully saturated rings. The van der Waals surface area contributed by atoms with E-state index in [-0.39, 0.29) is 4.99 Å². The van der Waals surface area contributed by atoms with Crippen molar-refractivity contribution in [1.29, 1.82) is 5.26 Å². The molecular weight excluding hydrogens is 385 g/mol. The zero-order chi connectivity index (χ0) is 20.4. The van der Waals surface area contributed by atoms with E-state index in [2.05, 4.69) is 11.4 Å². The lowest BCUT2D eigenvalue weighted by atomic mass is 9.71. The first kappa shape index (κ1) is 19.2. The smallest absolute Gasteiger partial charge is 0.227 e. The Morgan fingerprint density at radius 2 is 1.62 bits per heavy atom. The average molecular weight is 404 g/mol. The van der Waals surface area contributed by atoms with Crippen molar-refractivity contribution in [3.05, 3.63) is 102 Å². The summed E-state index contributed by atoms with van der Waals surface area (Å²) in [7, 11) is 0. The number of nitrogens with one attached hydrogen (secondary N) is 1. The second kappa shape index (κ2) is 7.70. The number of halogens is 1. The number of nitriles is 1. The van der Waals surface area contributed by atoms with Gasteiger partial charge in [0, 0.05) is 17.7 Å². The summed E-state index contributed by atoms with van der Waals surface area (Å²) in [5, 5.41) is 24.8. The van der Waals surface area contributed by atoms with E-state index in [1.165, 1.54) is 6.07 Å². The number of pyridine rings is 1. The van der Waals surface area contributed by atoms with Crippen molar-refractivity contribution in [3.63, 3.8) is 0 Å². The van der Waals surface area contributed by atoms with Gasteiger partial charge in [-0.05, 0) is 11.6 Å². The molecule has 0 amide bonds. The van der Waals surface area contributed by atoms with E-state index in [0.717, 1.165) is 0 Å². The standard InChI is InChI=1S/C23H18FN3OS/c24-19-12-6-5-11-17(19)20-18(15-25)22(29)26-23(28,16-9-3-1-4-10-16)21(20)27-13-7-2-8-14-27/h1-14,18,20-21,28H/p+1/t18-,20-,21+,23+/m0/s1. The molecule has 2 N–H and O–H groups in total. The summed E-state index contributed by atoms with van der Waals surface area (Å²) >= 11 is 5.47. The summed E-state index contributed by atoms with van der Waals surface area (Å²) in [6.07, 6.45) is 3.60. The van der Waals surface area contributed by atoms with Gasteiger partial charge in [-0.25, -0.2) is 4.39 Å². The minimum atomic E-state index is -1.63. The third kappa shape index (κ3) is 3.29. The van der Waals surface area contributed by atoms with Crippen LogP contribution in [0.15, 0.2) is 85.2 Å². The van der Waals surface area contributed by atoms with Gasteiger partial charge in [0.05, 0.1) is 17.0 Å². The number of piperidine rings is 1. The minimum absolute atomic E-state index is 0.194. The molecule has 0 radical (unpaired) electrons. The molecule has 2 heterocycles. The first-order chi connectivity index (χ1) is 14.1. The molecule has 144 valence electrons. The highest BCUT2D eigenvalue weighted by Crippen LogP contribution is 2.46. The van der Waals surface area contributed by atoms with E-state index in [0.29, 0.717) is 11.1 Å². The lowest BCUT2D eigenvalue weighted by molar-refractivity contribution is -0.745. The van der Waals surface area contributed by atoms with Crippen molar-refractivity contribution in [2.45, 2.75) is 17.7 Å². The second-order valence-electron chi connectivity index (χ2n) is 7.04. The Balaban J connectivity index is 2.00. The number of hydrogen-bond donors (Lipinski definition) is 2. The first-order valence-electron chi connectivity index (χ1n) is 9.26. The Kier molecular flexibility index (Phi) is 5.10. The van der Waals surface area contributed by atoms with Gasteiger partial charge in [0.15, 0.2) is 12.4 Å². The molecule has 6 heteroatoms. The molecule has 4 atom stereocenters. The maximum atomic E-state index is 14.9. The molecule has 0 aliphatic carbocycles. The number of hydrogen-bond acceptors (Lipinski definition) is 3. The molecule has 0 bridgehead atoms. The van der Waals surface area contributed by atoms with Crippen LogP contribution in [-0.2, 0) is 5.72 Å². The lowest BCUT2D eigenvalue weighted by Gasteiger charge is -2.44. The summed E-state index contributed by atoms with van der Waals surface area (Å²) in [5.74, 6) is -1.93. The van der Waals surface area contributed by atoms with Gasteiger partial charge in [0.2, 0.25) is 11.8 Å². The highest BCUT2D eigenvalue weighted by molar-refractivity contribution is 7.80. The van der Waals surface area contributed by atoms with E-state index >= 15 is 0 Å². The normalized spacial score (nSPS) is 26.4. The maximum Gasteiger partial charge on any atom is 0.227 e. The van der Waals surface area contributed by atoms with E-state index in [1.54, 1.807) is 42.7 Å². The monoisotopic (exact) mass is 404 g/mol. The quantitative estimate of drug-likeness (QED) is 0.519. The van der Waals surface area contributed by atoms with Gasteiger partial charge in [-0.2, -0.15) is 9.83 Å². The molecule has 0 spiro atoms. The van der Waals surface area contributed by atoms with Crippen LogP contribution in [0.1, 0.15) is 23.1 Å². The van der Waals surface area contributed by atoms with E-state index in [1.807, 2.05) is 41.0 Å². The van der Waals surface area contributed by atoms with Crippen molar-refractivity contribution in [2.24, 2.45) is 5.92 Å². The highest BCUT2D eigenvalue weighted by Gasteiger charge is 2.58. The fourth-order valence-corrected chi connectivity index (χ4v) is 4.47. The molecule has 1 saturated heterocycles. The first-order valence-corrected chi connectivity index (χ1v) is 9.67. The van der Waals surface area contributed by atoms with Crippen molar-refractivity contribution in [1.82, 2.24) is 5.32 Å². The Labute approximate surface area is 173 Å². The molecule has 29 heavy (non-hydrogen) atoms. The molecule has 4 nitrogen and oxygen atoms in total. The lowest BCUT2D eigenvalue weighted by Crippen LogP contribution is -2.67. The number of benzene rings is 2. The number of aliphatic hydroxyl groups is 1. The Morgan fingerprint density at radius 1 is 1.00 bits per heavy atom. The Hall–Kier alpha value is -3.14. The van der Waals surface area contributed by atoms with Crippen LogP contribution in [0.3, 0.4) is 0 Å². The molecule has 2 aromatic carbocycles. The Morgan fingerprint density at radius 3 is 2.28 bits per heavy atom. The van der Waals surface area contributed by atoms with Gasteiger partial charge in [-0.15, -0.1) is 0 Å². The number of thiocarbonyl (C=S) groups is 1. The van der Waals surface area contributed by atoms with Crippen LogP contribution in [0.4, 0.5) is 4.39 Å². The van der Waals surface area contributed by atoms with Crippen molar-refractivity contribution >= 4 is 17.2 Å².